The summed E-state index contributed by atoms with van der Waals surface area (Å²) in [7, 11) is 1.40. The maximum atomic E-state index is 12.2. The van der Waals surface area contributed by atoms with Gasteiger partial charge in [0.2, 0.25) is 11.9 Å². The Morgan fingerprint density at radius 2 is 1.97 bits per heavy atom. The van der Waals surface area contributed by atoms with Crippen LogP contribution in [-0.4, -0.2) is 41.5 Å². The maximum Gasteiger partial charge on any atom is 0.328 e. The third-order valence-electron chi connectivity index (χ3n) is 5.18. The third kappa shape index (κ3) is 5.23. The second-order valence-corrected chi connectivity index (χ2v) is 8.61. The number of aryl methyl sites for hydroxylation is 1. The van der Waals surface area contributed by atoms with Crippen molar-refractivity contribution in [1.82, 2.24) is 9.97 Å². The lowest BCUT2D eigenvalue weighted by molar-refractivity contribution is -0.142. The van der Waals surface area contributed by atoms with Crippen molar-refractivity contribution in [2.75, 3.05) is 29.2 Å². The second-order valence-electron chi connectivity index (χ2n) is 7.58. The van der Waals surface area contributed by atoms with E-state index in [0.717, 1.165) is 34.8 Å². The lowest BCUT2D eigenvalue weighted by Gasteiger charge is -2.23. The number of carbonyl (C=O) groups is 2. The minimum Gasteiger partial charge on any atom is -0.467 e. The molecule has 1 aliphatic heterocycles. The molecule has 3 heterocycles. The van der Waals surface area contributed by atoms with Crippen molar-refractivity contribution in [2.24, 2.45) is 0 Å². The molecule has 9 heteroatoms. The Bertz CT molecular complexity index is 1090. The molecule has 1 saturated heterocycles. The van der Waals surface area contributed by atoms with Crippen LogP contribution in [0.2, 0.25) is 0 Å². The number of amides is 1. The van der Waals surface area contributed by atoms with Gasteiger partial charge in [0.25, 0.3) is 0 Å². The van der Waals surface area contributed by atoms with Crippen molar-refractivity contribution < 1.29 is 14.3 Å². The number of hydrogen-bond acceptors (Lipinski definition) is 8. The first kappa shape index (κ1) is 21.8. The van der Waals surface area contributed by atoms with E-state index < -0.39 is 0 Å². The van der Waals surface area contributed by atoms with Gasteiger partial charge in [0.15, 0.2) is 0 Å². The fraction of sp³-hybridized carbons (Fsp3) is 0.304. The number of esters is 1. The van der Waals surface area contributed by atoms with E-state index in [-0.39, 0.29) is 17.9 Å². The zero-order chi connectivity index (χ0) is 22.5. The molecule has 0 bridgehead atoms. The van der Waals surface area contributed by atoms with Crippen LogP contribution in [0.3, 0.4) is 0 Å². The fourth-order valence-electron chi connectivity index (χ4n) is 3.69. The molecule has 0 radical (unpaired) electrons. The smallest absolute Gasteiger partial charge is 0.328 e. The molecular weight excluding hydrogens is 426 g/mol. The van der Waals surface area contributed by atoms with Gasteiger partial charge >= 0.3 is 5.97 Å². The molecule has 166 valence electrons. The van der Waals surface area contributed by atoms with Crippen LogP contribution in [-0.2, 0) is 20.7 Å². The van der Waals surface area contributed by atoms with Gasteiger partial charge < -0.3 is 20.3 Å². The van der Waals surface area contributed by atoms with Crippen molar-refractivity contribution in [1.29, 1.82) is 0 Å². The number of hydrogen-bond donors (Lipinski definition) is 2. The fourth-order valence-corrected chi connectivity index (χ4v) is 4.40. The summed E-state index contributed by atoms with van der Waals surface area (Å²) in [5.41, 5.74) is 2.36. The lowest BCUT2D eigenvalue weighted by Crippen LogP contribution is -2.38. The molecule has 0 spiro atoms. The van der Waals surface area contributed by atoms with Gasteiger partial charge in [-0.3, -0.25) is 4.79 Å². The van der Waals surface area contributed by atoms with Crippen LogP contribution in [0.25, 0.3) is 0 Å². The van der Waals surface area contributed by atoms with Gasteiger partial charge in [-0.25, -0.2) is 9.78 Å². The Morgan fingerprint density at radius 3 is 2.69 bits per heavy atom. The highest BCUT2D eigenvalue weighted by Crippen LogP contribution is 2.26. The highest BCUT2D eigenvalue weighted by atomic mass is 32.1. The number of methoxy groups -OCH3 is 1. The minimum absolute atomic E-state index is 0.0463. The SMILES string of the molecule is COC(=O)C1CCCN1c1nc(C)cc(Nc2ccc(NC(=O)Cc3cccs3)cc2)n1. The molecule has 1 aromatic carbocycles. The summed E-state index contributed by atoms with van der Waals surface area (Å²) in [5, 5.41) is 8.15. The summed E-state index contributed by atoms with van der Waals surface area (Å²) >= 11 is 1.57. The minimum atomic E-state index is -0.355. The number of rotatable bonds is 7. The van der Waals surface area contributed by atoms with Gasteiger partial charge in [-0.2, -0.15) is 4.98 Å². The summed E-state index contributed by atoms with van der Waals surface area (Å²) in [6.07, 6.45) is 1.98. The Balaban J connectivity index is 1.42. The van der Waals surface area contributed by atoms with Gasteiger partial charge in [-0.15, -0.1) is 11.3 Å². The van der Waals surface area contributed by atoms with Crippen LogP contribution in [0.1, 0.15) is 23.4 Å². The molecule has 0 saturated carbocycles. The number of nitrogens with one attached hydrogen (secondary N) is 2. The van der Waals surface area contributed by atoms with Crippen LogP contribution < -0.4 is 15.5 Å². The Kier molecular flexibility index (Phi) is 6.65. The Labute approximate surface area is 190 Å². The van der Waals surface area contributed by atoms with Crippen LogP contribution in [0.5, 0.6) is 0 Å². The monoisotopic (exact) mass is 451 g/mol. The molecule has 2 N–H and O–H groups in total. The van der Waals surface area contributed by atoms with Crippen molar-refractivity contribution in [2.45, 2.75) is 32.2 Å². The first-order chi connectivity index (χ1) is 15.5. The summed E-state index contributed by atoms with van der Waals surface area (Å²) < 4.78 is 4.93. The molecule has 3 aromatic rings. The van der Waals surface area contributed by atoms with Crippen molar-refractivity contribution >= 4 is 46.4 Å². The lowest BCUT2D eigenvalue weighted by atomic mass is 10.2. The van der Waals surface area contributed by atoms with Gasteiger partial charge in [0, 0.05) is 34.6 Å². The number of carbonyl (C=O) groups excluding carboxylic acids is 2. The van der Waals surface area contributed by atoms with Gasteiger partial charge in [-0.05, 0) is 55.5 Å². The second kappa shape index (κ2) is 9.78. The molecular formula is C23H25N5O3S. The highest BCUT2D eigenvalue weighted by molar-refractivity contribution is 7.10. The number of anilines is 4. The van der Waals surface area contributed by atoms with Crippen LogP contribution in [0.4, 0.5) is 23.1 Å². The quantitative estimate of drug-likeness (QED) is 0.526. The zero-order valence-corrected chi connectivity index (χ0v) is 18.8. The van der Waals surface area contributed by atoms with Crippen molar-refractivity contribution in [3.63, 3.8) is 0 Å². The molecule has 8 nitrogen and oxygen atoms in total. The zero-order valence-electron chi connectivity index (χ0n) is 18.0. The van der Waals surface area contributed by atoms with Crippen molar-refractivity contribution in [3.8, 4) is 0 Å². The molecule has 32 heavy (non-hydrogen) atoms. The molecule has 2 aromatic heterocycles. The number of nitrogens with zero attached hydrogens (tertiary/aromatic N) is 3. The normalized spacial score (nSPS) is 15.4. The molecule has 1 atom stereocenters. The van der Waals surface area contributed by atoms with Crippen molar-refractivity contribution in [3.05, 3.63) is 58.4 Å². The summed E-state index contributed by atoms with van der Waals surface area (Å²) in [5.74, 6) is 0.837. The molecule has 4 rings (SSSR count). The first-order valence-corrected chi connectivity index (χ1v) is 11.3. The van der Waals surface area contributed by atoms with Crippen LogP contribution in [0, 0.1) is 6.92 Å². The van der Waals surface area contributed by atoms with Gasteiger partial charge in [-0.1, -0.05) is 6.07 Å². The Morgan fingerprint density at radius 1 is 1.19 bits per heavy atom. The largest absolute Gasteiger partial charge is 0.467 e. The van der Waals surface area contributed by atoms with Gasteiger partial charge in [0.05, 0.1) is 13.5 Å². The number of thiophene rings is 1. The predicted molar refractivity (Wildman–Crippen MR) is 126 cm³/mol. The summed E-state index contributed by atoms with van der Waals surface area (Å²) in [4.78, 5) is 36.3. The predicted octanol–water partition coefficient (Wildman–Crippen LogP) is 3.91. The van der Waals surface area contributed by atoms with Crippen LogP contribution in [0.15, 0.2) is 47.8 Å². The van der Waals surface area contributed by atoms with Crippen LogP contribution >= 0.6 is 11.3 Å². The van der Waals surface area contributed by atoms with Gasteiger partial charge in [0.1, 0.15) is 11.9 Å². The van der Waals surface area contributed by atoms with E-state index in [2.05, 4.69) is 20.6 Å². The Hall–Kier alpha value is -3.46. The number of ether oxygens (including phenoxy) is 1. The molecule has 1 aliphatic rings. The molecule has 1 unspecified atom stereocenters. The number of aromatic nitrogens is 2. The van der Waals surface area contributed by atoms with E-state index in [9.17, 15) is 9.59 Å². The van der Waals surface area contributed by atoms with E-state index in [1.807, 2.05) is 59.7 Å². The third-order valence-corrected chi connectivity index (χ3v) is 6.06. The average Bonchev–Trinajstić information content (AvgIpc) is 3.46. The molecule has 0 aliphatic carbocycles. The standard InChI is InChI=1S/C23H25N5O3S/c1-15-13-20(27-23(24-15)28-11-3-6-19(28)22(30)31-2)25-16-7-9-17(10-8-16)26-21(29)14-18-5-4-12-32-18/h4-5,7-10,12-13,19H,3,6,11,14H2,1-2H3,(H,26,29)(H,24,25,27). The number of benzene rings is 1. The molecule has 1 fully saturated rings. The summed E-state index contributed by atoms with van der Waals surface area (Å²) in [6, 6.07) is 12.8. The maximum absolute atomic E-state index is 12.2. The molecule has 1 amide bonds. The first-order valence-electron chi connectivity index (χ1n) is 10.4. The highest BCUT2D eigenvalue weighted by Gasteiger charge is 2.33. The van der Waals surface area contributed by atoms with E-state index >= 15 is 0 Å². The topological polar surface area (TPSA) is 96.5 Å². The van der Waals surface area contributed by atoms with E-state index in [4.69, 9.17) is 4.74 Å². The average molecular weight is 452 g/mol. The van der Waals surface area contributed by atoms with E-state index in [0.29, 0.717) is 24.7 Å². The van der Waals surface area contributed by atoms with E-state index in [1.54, 1.807) is 11.3 Å². The van der Waals surface area contributed by atoms with E-state index in [1.165, 1.54) is 7.11 Å². The summed E-state index contributed by atoms with van der Waals surface area (Å²) in [6.45, 7) is 2.61.